The van der Waals surface area contributed by atoms with Crippen molar-refractivity contribution in [3.05, 3.63) is 142 Å². The molecule has 304 valence electrons. The van der Waals surface area contributed by atoms with Gasteiger partial charge in [-0.2, -0.15) is 0 Å². The molecule has 5 aromatic rings. The molecule has 8 rings (SSSR count). The van der Waals surface area contributed by atoms with Gasteiger partial charge in [-0.15, -0.1) is 0 Å². The van der Waals surface area contributed by atoms with Crippen molar-refractivity contribution >= 4 is 64.0 Å². The second-order valence-corrected chi connectivity index (χ2v) is 21.7. The first kappa shape index (κ1) is 40.5. The fraction of sp³-hybridized carbons (Fsp3) is 0.298. The minimum Gasteiger partial charge on any atom is -0.497 e. The lowest BCUT2D eigenvalue weighted by atomic mass is 9.82. The Morgan fingerprint density at radius 3 is 2.39 bits per heavy atom. The van der Waals surface area contributed by atoms with Crippen molar-refractivity contribution in [2.24, 2.45) is 5.92 Å². The van der Waals surface area contributed by atoms with Crippen LogP contribution in [0.4, 0.5) is 17.1 Å². The van der Waals surface area contributed by atoms with Crippen LogP contribution < -0.4 is 24.5 Å². The summed E-state index contributed by atoms with van der Waals surface area (Å²) in [6, 6.07) is 38.9. The molecule has 3 amide bonds. The van der Waals surface area contributed by atoms with E-state index >= 15 is 4.79 Å². The summed E-state index contributed by atoms with van der Waals surface area (Å²) in [6.45, 7) is 7.20. The number of fused-ring (bicyclic) bond motifs is 3. The van der Waals surface area contributed by atoms with Crippen LogP contribution in [0.15, 0.2) is 126 Å². The molecule has 3 aliphatic rings. The van der Waals surface area contributed by atoms with Gasteiger partial charge in [-0.3, -0.25) is 19.3 Å². The van der Waals surface area contributed by atoms with Crippen LogP contribution in [0.1, 0.15) is 30.0 Å². The third-order valence-corrected chi connectivity index (χ3v) is 17.2. The Labute approximate surface area is 354 Å². The van der Waals surface area contributed by atoms with E-state index in [9.17, 15) is 14.7 Å². The largest absolute Gasteiger partial charge is 0.497 e. The monoisotopic (exact) mass is 873 g/mol. The van der Waals surface area contributed by atoms with Crippen molar-refractivity contribution in [3.8, 4) is 11.5 Å². The summed E-state index contributed by atoms with van der Waals surface area (Å²) in [4.78, 5) is 48.3. The van der Waals surface area contributed by atoms with Crippen LogP contribution in [0.5, 0.6) is 11.5 Å². The van der Waals surface area contributed by atoms with E-state index in [4.69, 9.17) is 14.2 Å². The Balaban J connectivity index is 1.17. The molecule has 0 radical (unpaired) electrons. The fourth-order valence-corrected chi connectivity index (χ4v) is 13.9. The van der Waals surface area contributed by atoms with Gasteiger partial charge in [0.2, 0.25) is 5.91 Å². The number of aliphatic hydroxyl groups excluding tert-OH is 1. The van der Waals surface area contributed by atoms with Gasteiger partial charge in [0, 0.05) is 34.7 Å². The first-order valence-electron chi connectivity index (χ1n) is 20.0. The van der Waals surface area contributed by atoms with Gasteiger partial charge in [0.05, 0.1) is 52.2 Å². The maximum atomic E-state index is 15.5. The fourth-order valence-electron chi connectivity index (χ4n) is 9.52. The highest BCUT2D eigenvalue weighted by Gasteiger charge is 2.66. The average Bonchev–Trinajstić information content (AvgIpc) is 3.66. The number of benzene rings is 5. The van der Waals surface area contributed by atoms with E-state index in [1.165, 1.54) is 0 Å². The second-order valence-electron chi connectivity index (χ2n) is 16.1. The van der Waals surface area contributed by atoms with E-state index in [0.29, 0.717) is 23.7 Å². The van der Waals surface area contributed by atoms with Gasteiger partial charge >= 0.3 is 0 Å². The number of carbonyl (C=O) groups is 3. The summed E-state index contributed by atoms with van der Waals surface area (Å²) < 4.78 is 19.3. The lowest BCUT2D eigenvalue weighted by Crippen LogP contribution is -2.52. The van der Waals surface area contributed by atoms with E-state index < -0.39 is 19.8 Å². The summed E-state index contributed by atoms with van der Waals surface area (Å²) >= 11 is 3.70. The zero-order valence-electron chi connectivity index (χ0n) is 33.6. The summed E-state index contributed by atoms with van der Waals surface area (Å²) in [5.74, 6) is 0.539. The molecule has 1 spiro atoms. The molecule has 0 aliphatic carbocycles. The first-order chi connectivity index (χ1) is 28.5. The maximum Gasteiger partial charge on any atom is 0.269 e. The number of amides is 3. The smallest absolute Gasteiger partial charge is 0.269 e. The minimum atomic E-state index is -2.55. The van der Waals surface area contributed by atoms with E-state index in [0.717, 1.165) is 37.8 Å². The molecule has 0 saturated carbocycles. The van der Waals surface area contributed by atoms with E-state index in [1.807, 2.05) is 109 Å². The minimum absolute atomic E-state index is 0.0455. The summed E-state index contributed by atoms with van der Waals surface area (Å²) in [6.07, 6.45) is -0.561. The van der Waals surface area contributed by atoms with Gasteiger partial charge in [-0.25, -0.2) is 0 Å². The number of anilines is 3. The Morgan fingerprint density at radius 2 is 1.64 bits per heavy atom. The number of methoxy groups -OCH3 is 1. The molecular formula is C47H48BrN3O7Si. The van der Waals surface area contributed by atoms with Crippen molar-refractivity contribution in [2.45, 2.75) is 56.8 Å². The molecule has 3 heterocycles. The van der Waals surface area contributed by atoms with Crippen LogP contribution in [-0.4, -0.2) is 68.8 Å². The van der Waals surface area contributed by atoms with Gasteiger partial charge in [-0.05, 0) is 71.3 Å². The molecule has 1 saturated heterocycles. The highest BCUT2D eigenvalue weighted by Crippen LogP contribution is 2.60. The number of hydrogen-bond donors (Lipinski definition) is 1. The summed E-state index contributed by atoms with van der Waals surface area (Å²) in [7, 11) is -0.903. The molecular weight excluding hydrogens is 827 g/mol. The van der Waals surface area contributed by atoms with Crippen LogP contribution in [0.2, 0.25) is 18.6 Å². The quantitative estimate of drug-likeness (QED) is 0.128. The molecule has 0 bridgehead atoms. The van der Waals surface area contributed by atoms with Crippen molar-refractivity contribution in [1.29, 1.82) is 0 Å². The van der Waals surface area contributed by atoms with Crippen molar-refractivity contribution in [1.82, 2.24) is 4.90 Å². The number of carbonyl (C=O) groups excluding carboxylic acids is 3. The zero-order valence-corrected chi connectivity index (χ0v) is 36.2. The highest BCUT2D eigenvalue weighted by molar-refractivity contribution is 9.10. The lowest BCUT2D eigenvalue weighted by Gasteiger charge is -2.37. The Morgan fingerprint density at radius 1 is 0.915 bits per heavy atom. The van der Waals surface area contributed by atoms with Gasteiger partial charge in [0.15, 0.2) is 12.2 Å². The van der Waals surface area contributed by atoms with E-state index in [-0.39, 0.29) is 61.9 Å². The lowest BCUT2D eigenvalue weighted by molar-refractivity contribution is -0.150. The SMILES string of the molecule is COc1ccc([Si](C)(C)[C@H]2[C@H](CC(=O)N(CCO)Cc3ccccc3)O[C@@]3(C(=O)N(Cc4cccc(N5C(=O)COc6ccccc65)c4)c4ccc(Br)cc43)[C@@H]2C)cc1. The van der Waals surface area contributed by atoms with Crippen LogP contribution in [0.3, 0.4) is 0 Å². The molecule has 1 N–H and O–H groups in total. The van der Waals surface area contributed by atoms with Crippen LogP contribution in [-0.2, 0) is 37.8 Å². The molecule has 1 fully saturated rings. The van der Waals surface area contributed by atoms with E-state index in [1.54, 1.807) is 21.8 Å². The highest BCUT2D eigenvalue weighted by atomic mass is 79.9. The number of ether oxygens (including phenoxy) is 3. The number of halogens is 1. The predicted octanol–water partition coefficient (Wildman–Crippen LogP) is 7.69. The third kappa shape index (κ3) is 7.37. The molecule has 59 heavy (non-hydrogen) atoms. The average molecular weight is 875 g/mol. The molecule has 4 atom stereocenters. The van der Waals surface area contributed by atoms with Crippen LogP contribution >= 0.6 is 15.9 Å². The Hall–Kier alpha value is -5.27. The van der Waals surface area contributed by atoms with Crippen molar-refractivity contribution in [2.75, 3.05) is 36.7 Å². The predicted molar refractivity (Wildman–Crippen MR) is 234 cm³/mol. The number of nitrogens with zero attached hydrogens (tertiary/aromatic N) is 3. The maximum absolute atomic E-state index is 15.5. The Kier molecular flexibility index (Phi) is 11.3. The third-order valence-electron chi connectivity index (χ3n) is 12.3. The molecule has 0 aromatic heterocycles. The van der Waals surface area contributed by atoms with Gasteiger partial charge in [0.25, 0.3) is 11.8 Å². The second kappa shape index (κ2) is 16.4. The van der Waals surface area contributed by atoms with Crippen LogP contribution in [0, 0.1) is 5.92 Å². The van der Waals surface area contributed by atoms with Crippen molar-refractivity contribution < 1.29 is 33.7 Å². The van der Waals surface area contributed by atoms with Gasteiger partial charge < -0.3 is 29.1 Å². The standard InChI is InChI=1S/C47H48BrN3O7Si/c1-31-45(59(3,4)37-20-18-36(56-2)19-21-37)42(27-43(53)49(23-24-52)28-32-11-6-5-7-12-32)58-47(31)38-26-34(48)17-22-39(38)50(46(47)55)29-33-13-10-14-35(25-33)51-40-15-8-9-16-41(40)57-30-44(51)54/h5-22,25-26,31,42,45,52H,23-24,27-30H2,1-4H3/t31-,42+,45-,47+/m1/s1. The van der Waals surface area contributed by atoms with Crippen LogP contribution in [0.25, 0.3) is 0 Å². The molecule has 12 heteroatoms. The topological polar surface area (TPSA) is 109 Å². The molecule has 0 unspecified atom stereocenters. The van der Waals surface area contributed by atoms with Crippen molar-refractivity contribution in [3.63, 3.8) is 0 Å². The molecule has 5 aromatic carbocycles. The Bertz CT molecular complexity index is 2380. The number of aliphatic hydroxyl groups is 1. The normalized spacial score (nSPS) is 21.0. The first-order valence-corrected chi connectivity index (χ1v) is 23.8. The number of hydrogen-bond acceptors (Lipinski definition) is 7. The van der Waals surface area contributed by atoms with E-state index in [2.05, 4.69) is 48.1 Å². The number of para-hydroxylation sites is 2. The van der Waals surface area contributed by atoms with Gasteiger partial charge in [-0.1, -0.05) is 108 Å². The number of rotatable bonds is 12. The molecule has 3 aliphatic heterocycles. The molecule has 10 nitrogen and oxygen atoms in total. The zero-order chi connectivity index (χ0) is 41.5. The summed E-state index contributed by atoms with van der Waals surface area (Å²) in [5.41, 5.74) is 3.08. The van der Waals surface area contributed by atoms with Gasteiger partial charge in [0.1, 0.15) is 11.5 Å². The summed E-state index contributed by atoms with van der Waals surface area (Å²) in [5, 5.41) is 11.2.